The lowest BCUT2D eigenvalue weighted by Gasteiger charge is -2.25. The first-order chi connectivity index (χ1) is 15.0. The highest BCUT2D eigenvalue weighted by atomic mass is 19.1. The van der Waals surface area contributed by atoms with Crippen molar-refractivity contribution in [2.45, 2.75) is 45.2 Å². The maximum atomic E-state index is 13.6. The summed E-state index contributed by atoms with van der Waals surface area (Å²) in [7, 11) is 0. The lowest BCUT2D eigenvalue weighted by Crippen LogP contribution is -2.38. The Morgan fingerprint density at radius 1 is 1.26 bits per heavy atom. The van der Waals surface area contributed by atoms with Crippen LogP contribution in [0.2, 0.25) is 0 Å². The Labute approximate surface area is 179 Å². The van der Waals surface area contributed by atoms with Crippen LogP contribution in [0.15, 0.2) is 36.5 Å². The molecule has 2 fully saturated rings. The molecule has 1 amide bonds. The first kappa shape index (κ1) is 19.7. The first-order valence-corrected chi connectivity index (χ1v) is 10.6. The van der Waals surface area contributed by atoms with Gasteiger partial charge in [0.05, 0.1) is 18.5 Å². The minimum atomic E-state index is -0.391. The molecule has 31 heavy (non-hydrogen) atoms. The molecular formula is C23H24FN5O2. The minimum absolute atomic E-state index is 0.0470. The van der Waals surface area contributed by atoms with Crippen molar-refractivity contribution in [1.82, 2.24) is 25.1 Å². The molecule has 5 rings (SSSR count). The second-order valence-electron chi connectivity index (χ2n) is 8.42. The highest BCUT2D eigenvalue weighted by Gasteiger charge is 2.49. The van der Waals surface area contributed by atoms with Crippen LogP contribution in [0.3, 0.4) is 0 Å². The first-order valence-electron chi connectivity index (χ1n) is 10.6. The molecule has 1 N–H and O–H groups in total. The highest BCUT2D eigenvalue weighted by molar-refractivity contribution is 5.99. The number of carbonyl (C=O) groups excluding carboxylic acids is 1. The van der Waals surface area contributed by atoms with Crippen LogP contribution in [0.4, 0.5) is 4.39 Å². The largest absolute Gasteiger partial charge is 0.477 e. The monoisotopic (exact) mass is 421 g/mol. The predicted octanol–water partition coefficient (Wildman–Crippen LogP) is 3.69. The molecule has 160 valence electrons. The molecule has 8 heteroatoms. The van der Waals surface area contributed by atoms with E-state index in [-0.39, 0.29) is 23.9 Å². The predicted molar refractivity (Wildman–Crippen MR) is 112 cm³/mol. The van der Waals surface area contributed by atoms with Crippen molar-refractivity contribution in [3.05, 3.63) is 59.4 Å². The van der Waals surface area contributed by atoms with Gasteiger partial charge in [-0.25, -0.2) is 14.4 Å². The van der Waals surface area contributed by atoms with Crippen molar-refractivity contribution < 1.29 is 13.9 Å². The molecule has 2 bridgehead atoms. The molecule has 0 saturated carbocycles. The number of rotatable bonds is 5. The van der Waals surface area contributed by atoms with Crippen LogP contribution in [-0.2, 0) is 0 Å². The summed E-state index contributed by atoms with van der Waals surface area (Å²) in [6.45, 7) is 4.28. The topological polar surface area (TPSA) is 84.0 Å². The number of hydrogen-bond donors (Lipinski definition) is 1. The molecule has 2 aliphatic rings. The Hall–Kier alpha value is -3.29. The third-order valence-corrected chi connectivity index (χ3v) is 6.26. The summed E-state index contributed by atoms with van der Waals surface area (Å²) in [4.78, 5) is 24.2. The van der Waals surface area contributed by atoms with Gasteiger partial charge in [-0.2, -0.15) is 5.10 Å². The Kier molecular flexibility index (Phi) is 4.92. The van der Waals surface area contributed by atoms with Crippen molar-refractivity contribution >= 4 is 5.91 Å². The number of hydrogen-bond acceptors (Lipinski definition) is 5. The number of H-pyrrole nitrogens is 1. The number of nitrogens with one attached hydrogen (secondary N) is 1. The fourth-order valence-electron chi connectivity index (χ4n) is 4.85. The lowest BCUT2D eigenvalue weighted by molar-refractivity contribution is 0.0704. The number of ether oxygens (including phenoxy) is 1. The normalized spacial score (nSPS) is 22.2. The van der Waals surface area contributed by atoms with E-state index in [1.54, 1.807) is 0 Å². The molecule has 3 aromatic heterocycles. The van der Waals surface area contributed by atoms with E-state index in [1.165, 1.54) is 12.1 Å². The van der Waals surface area contributed by atoms with Crippen molar-refractivity contribution in [3.63, 3.8) is 0 Å². The van der Waals surface area contributed by atoms with E-state index in [1.807, 2.05) is 36.9 Å². The summed E-state index contributed by atoms with van der Waals surface area (Å²) in [6.07, 6.45) is 3.97. The molecule has 5 heterocycles. The highest BCUT2D eigenvalue weighted by Crippen LogP contribution is 2.43. The summed E-state index contributed by atoms with van der Waals surface area (Å²) in [5.41, 5.74) is 3.65. The molecule has 3 unspecified atom stereocenters. The number of amides is 1. The molecule has 7 nitrogen and oxygen atoms in total. The SMILES string of the molecule is Cc1ccc(-c2cc(C)[nH]n2)c(C(=O)N2C3CCC2C(COc2ccc(F)cn2)C3)n1. The van der Waals surface area contributed by atoms with Gasteiger partial charge in [-0.15, -0.1) is 0 Å². The van der Waals surface area contributed by atoms with Gasteiger partial charge in [0.1, 0.15) is 11.5 Å². The van der Waals surface area contributed by atoms with Crippen LogP contribution in [0.1, 0.15) is 41.1 Å². The summed E-state index contributed by atoms with van der Waals surface area (Å²) >= 11 is 0. The lowest BCUT2D eigenvalue weighted by atomic mass is 9.90. The Morgan fingerprint density at radius 3 is 2.87 bits per heavy atom. The Balaban J connectivity index is 1.37. The van der Waals surface area contributed by atoms with E-state index in [9.17, 15) is 9.18 Å². The Bertz CT molecular complexity index is 1110. The molecule has 3 atom stereocenters. The van der Waals surface area contributed by atoms with E-state index < -0.39 is 5.82 Å². The maximum absolute atomic E-state index is 13.6. The third kappa shape index (κ3) is 3.66. The third-order valence-electron chi connectivity index (χ3n) is 6.26. The van der Waals surface area contributed by atoms with Crippen molar-refractivity contribution in [1.29, 1.82) is 0 Å². The number of aryl methyl sites for hydroxylation is 2. The number of aromatic amines is 1. The van der Waals surface area contributed by atoms with Crippen molar-refractivity contribution in [2.75, 3.05) is 6.61 Å². The summed E-state index contributed by atoms with van der Waals surface area (Å²) < 4.78 is 18.9. The molecule has 0 radical (unpaired) electrons. The van der Waals surface area contributed by atoms with Gasteiger partial charge in [0, 0.05) is 41.0 Å². The smallest absolute Gasteiger partial charge is 0.273 e. The summed E-state index contributed by atoms with van der Waals surface area (Å²) in [5.74, 6) is 0.181. The molecule has 0 aliphatic carbocycles. The number of nitrogens with zero attached hydrogens (tertiary/aromatic N) is 4. The fourth-order valence-corrected chi connectivity index (χ4v) is 4.85. The number of pyridine rings is 2. The zero-order chi connectivity index (χ0) is 21.5. The van der Waals surface area contributed by atoms with E-state index in [0.717, 1.165) is 48.1 Å². The van der Waals surface area contributed by atoms with E-state index in [2.05, 4.69) is 20.2 Å². The Morgan fingerprint density at radius 2 is 2.13 bits per heavy atom. The fraction of sp³-hybridized carbons (Fsp3) is 0.391. The average Bonchev–Trinajstić information content (AvgIpc) is 3.47. The molecule has 2 aliphatic heterocycles. The van der Waals surface area contributed by atoms with Crippen LogP contribution in [-0.4, -0.2) is 49.7 Å². The van der Waals surface area contributed by atoms with E-state index >= 15 is 0 Å². The van der Waals surface area contributed by atoms with Gasteiger partial charge in [0.25, 0.3) is 5.91 Å². The summed E-state index contributed by atoms with van der Waals surface area (Å²) in [6, 6.07) is 8.90. The maximum Gasteiger partial charge on any atom is 0.273 e. The average molecular weight is 421 g/mol. The molecule has 2 saturated heterocycles. The molecule has 0 spiro atoms. The van der Waals surface area contributed by atoms with Crippen LogP contribution in [0.5, 0.6) is 5.88 Å². The van der Waals surface area contributed by atoms with E-state index in [4.69, 9.17) is 4.74 Å². The van der Waals surface area contributed by atoms with Gasteiger partial charge in [-0.1, -0.05) is 0 Å². The standard InChI is InChI=1S/C23H24FN5O2/c1-13-3-6-18(19-9-14(2)27-28-19)22(26-13)23(30)29-17-5-7-20(29)15(10-17)12-31-21-8-4-16(24)11-25-21/h3-4,6,8-9,11,15,17,20H,5,7,10,12H2,1-2H3,(H,27,28). The van der Waals surface area contributed by atoms with Crippen molar-refractivity contribution in [3.8, 4) is 17.1 Å². The van der Waals surface area contributed by atoms with E-state index in [0.29, 0.717) is 18.2 Å². The van der Waals surface area contributed by atoms with Gasteiger partial charge >= 0.3 is 0 Å². The van der Waals surface area contributed by atoms with Gasteiger partial charge in [0.15, 0.2) is 0 Å². The van der Waals surface area contributed by atoms with Gasteiger partial charge in [-0.05, 0) is 57.4 Å². The summed E-state index contributed by atoms with van der Waals surface area (Å²) in [5, 5.41) is 7.28. The zero-order valence-electron chi connectivity index (χ0n) is 17.5. The molecule has 0 aromatic carbocycles. The number of fused-ring (bicyclic) bond motifs is 2. The second kappa shape index (κ2) is 7.76. The number of halogens is 1. The zero-order valence-corrected chi connectivity index (χ0v) is 17.5. The second-order valence-corrected chi connectivity index (χ2v) is 8.42. The van der Waals surface area contributed by atoms with Crippen molar-refractivity contribution in [2.24, 2.45) is 5.92 Å². The quantitative estimate of drug-likeness (QED) is 0.679. The number of carbonyl (C=O) groups is 1. The minimum Gasteiger partial charge on any atom is -0.477 e. The van der Waals surface area contributed by atoms with Crippen LogP contribution >= 0.6 is 0 Å². The van der Waals surface area contributed by atoms with Gasteiger partial charge in [0.2, 0.25) is 5.88 Å². The number of aromatic nitrogens is 4. The van der Waals surface area contributed by atoms with Crippen LogP contribution in [0, 0.1) is 25.6 Å². The van der Waals surface area contributed by atoms with Gasteiger partial charge < -0.3 is 9.64 Å². The van der Waals surface area contributed by atoms with Gasteiger partial charge in [-0.3, -0.25) is 9.89 Å². The van der Waals surface area contributed by atoms with Crippen LogP contribution < -0.4 is 4.74 Å². The molecular weight excluding hydrogens is 397 g/mol. The molecule has 3 aromatic rings. The van der Waals surface area contributed by atoms with Crippen LogP contribution in [0.25, 0.3) is 11.3 Å².